The second-order valence-corrected chi connectivity index (χ2v) is 12.3. The number of benzene rings is 4. The van der Waals surface area contributed by atoms with Crippen LogP contribution in [0.1, 0.15) is 67.4 Å². The number of halogens is 4. The average Bonchev–Trinajstić information content (AvgIpc) is 3.56. The number of carbonyl (C=O) groups is 2. The Morgan fingerprint density at radius 3 is 2.40 bits per heavy atom. The number of nitrogens with one attached hydrogen (secondary N) is 2. The first-order chi connectivity index (χ1) is 22.5. The summed E-state index contributed by atoms with van der Waals surface area (Å²) < 4.78 is 39.4. The number of likely N-dealkylation sites (tertiary alicyclic amines) is 1. The second-order valence-electron chi connectivity index (χ2n) is 11.9. The highest BCUT2D eigenvalue weighted by molar-refractivity contribution is 6.31. The molecule has 2 amide bonds. The molecule has 1 aliphatic heterocycles. The third kappa shape index (κ3) is 8.80. The van der Waals surface area contributed by atoms with Crippen molar-refractivity contribution in [2.24, 2.45) is 0 Å². The number of rotatable bonds is 11. The van der Waals surface area contributed by atoms with E-state index in [1.807, 2.05) is 60.4 Å². The van der Waals surface area contributed by atoms with E-state index in [0.717, 1.165) is 41.7 Å². The normalized spacial score (nSPS) is 16.1. The lowest BCUT2D eigenvalue weighted by molar-refractivity contribution is -0.137. The van der Waals surface area contributed by atoms with Gasteiger partial charge in [0.05, 0.1) is 23.8 Å². The largest absolute Gasteiger partial charge is 0.416 e. The van der Waals surface area contributed by atoms with Crippen LogP contribution in [0, 0.1) is 6.92 Å². The van der Waals surface area contributed by atoms with Gasteiger partial charge in [-0.3, -0.25) is 9.59 Å². The fourth-order valence-corrected chi connectivity index (χ4v) is 6.08. The van der Waals surface area contributed by atoms with Crippen LogP contribution >= 0.6 is 11.6 Å². The number of hydrogen-bond acceptors (Lipinski definition) is 4. The molecule has 5 rings (SSSR count). The van der Waals surface area contributed by atoms with Gasteiger partial charge >= 0.3 is 6.18 Å². The number of alkyl halides is 3. The zero-order valence-corrected chi connectivity index (χ0v) is 26.7. The molecule has 1 fully saturated rings. The van der Waals surface area contributed by atoms with E-state index in [0.29, 0.717) is 29.1 Å². The van der Waals surface area contributed by atoms with E-state index in [1.165, 1.54) is 6.07 Å². The molecule has 1 aliphatic rings. The number of nitrogens with zero attached hydrogens (tertiary/aromatic N) is 1. The first kappa shape index (κ1) is 34.2. The number of carbonyl (C=O) groups excluding carboxylic acids is 2. The molecule has 246 valence electrons. The highest BCUT2D eigenvalue weighted by Gasteiger charge is 2.32. The molecule has 6 nitrogen and oxygen atoms in total. The van der Waals surface area contributed by atoms with Crippen molar-refractivity contribution in [3.05, 3.63) is 141 Å². The summed E-state index contributed by atoms with van der Waals surface area (Å²) in [6, 6.07) is 25.9. The molecule has 1 heterocycles. The van der Waals surface area contributed by atoms with Crippen molar-refractivity contribution in [3.63, 3.8) is 0 Å². The molecule has 47 heavy (non-hydrogen) atoms. The SMILES string of the molecule is Cc1cc(C2CCCN2C(=O)c2cccc(C(=O)N[C@@H](Cc3ccccc3)[C@@H](O)CNCc3cccc(C(F)(F)F)c3)c2)ccc1Cl. The van der Waals surface area contributed by atoms with E-state index in [4.69, 9.17) is 11.6 Å². The number of aryl methyl sites for hydroxylation is 1. The van der Waals surface area contributed by atoms with Crippen LogP contribution in [0.4, 0.5) is 13.2 Å². The predicted octanol–water partition coefficient (Wildman–Crippen LogP) is 7.14. The molecule has 10 heteroatoms. The van der Waals surface area contributed by atoms with E-state index >= 15 is 0 Å². The van der Waals surface area contributed by atoms with Crippen LogP contribution in [0.2, 0.25) is 5.02 Å². The fraction of sp³-hybridized carbons (Fsp3) is 0.297. The Hall–Kier alpha value is -4.18. The number of amides is 2. The van der Waals surface area contributed by atoms with Gasteiger partial charge in [0.1, 0.15) is 0 Å². The van der Waals surface area contributed by atoms with Gasteiger partial charge in [-0.15, -0.1) is 0 Å². The van der Waals surface area contributed by atoms with Gasteiger partial charge in [0.15, 0.2) is 0 Å². The Bertz CT molecular complexity index is 1700. The summed E-state index contributed by atoms with van der Waals surface area (Å²) >= 11 is 6.23. The molecular weight excluding hydrogens is 627 g/mol. The lowest BCUT2D eigenvalue weighted by Gasteiger charge is -2.26. The summed E-state index contributed by atoms with van der Waals surface area (Å²) in [5.41, 5.74) is 3.19. The van der Waals surface area contributed by atoms with E-state index in [2.05, 4.69) is 10.6 Å². The maximum Gasteiger partial charge on any atom is 0.416 e. The third-order valence-corrected chi connectivity index (χ3v) is 8.89. The number of aliphatic hydroxyl groups excluding tert-OH is 1. The Morgan fingerprint density at radius 2 is 1.66 bits per heavy atom. The zero-order chi connectivity index (χ0) is 33.6. The first-order valence-corrected chi connectivity index (χ1v) is 15.9. The lowest BCUT2D eigenvalue weighted by Crippen LogP contribution is -2.48. The second kappa shape index (κ2) is 15.2. The minimum atomic E-state index is -4.45. The van der Waals surface area contributed by atoms with Crippen molar-refractivity contribution in [1.29, 1.82) is 0 Å². The molecule has 0 aromatic heterocycles. The summed E-state index contributed by atoms with van der Waals surface area (Å²) in [5.74, 6) is -0.627. The summed E-state index contributed by atoms with van der Waals surface area (Å²) in [7, 11) is 0. The smallest absolute Gasteiger partial charge is 0.390 e. The highest BCUT2D eigenvalue weighted by Crippen LogP contribution is 2.35. The first-order valence-electron chi connectivity index (χ1n) is 15.6. The van der Waals surface area contributed by atoms with Gasteiger partial charge in [-0.25, -0.2) is 0 Å². The predicted molar refractivity (Wildman–Crippen MR) is 176 cm³/mol. The Labute approximate surface area is 277 Å². The number of hydrogen-bond donors (Lipinski definition) is 3. The minimum Gasteiger partial charge on any atom is -0.390 e. The van der Waals surface area contributed by atoms with Crippen LogP contribution < -0.4 is 10.6 Å². The van der Waals surface area contributed by atoms with Gasteiger partial charge in [-0.1, -0.05) is 78.3 Å². The molecule has 0 radical (unpaired) electrons. The van der Waals surface area contributed by atoms with Crippen LogP contribution in [0.3, 0.4) is 0 Å². The number of aliphatic hydroxyl groups is 1. The van der Waals surface area contributed by atoms with Crippen LogP contribution in [-0.4, -0.2) is 47.1 Å². The molecule has 3 atom stereocenters. The fourth-order valence-electron chi connectivity index (χ4n) is 5.96. The van der Waals surface area contributed by atoms with Crippen LogP contribution in [-0.2, 0) is 19.1 Å². The quantitative estimate of drug-likeness (QED) is 0.159. The third-order valence-electron chi connectivity index (χ3n) is 8.47. The lowest BCUT2D eigenvalue weighted by atomic mass is 9.99. The minimum absolute atomic E-state index is 0.0209. The van der Waals surface area contributed by atoms with Gasteiger partial charge in [0.25, 0.3) is 11.8 Å². The van der Waals surface area contributed by atoms with Crippen molar-refractivity contribution in [2.75, 3.05) is 13.1 Å². The highest BCUT2D eigenvalue weighted by atomic mass is 35.5. The maximum absolute atomic E-state index is 13.7. The summed E-state index contributed by atoms with van der Waals surface area (Å²) in [6.45, 7) is 2.65. The monoisotopic (exact) mass is 663 g/mol. The molecule has 1 saturated heterocycles. The maximum atomic E-state index is 13.7. The molecule has 0 saturated carbocycles. The Kier molecular flexibility index (Phi) is 11.0. The molecule has 1 unspecified atom stereocenters. The Balaban J connectivity index is 1.27. The average molecular weight is 664 g/mol. The zero-order valence-electron chi connectivity index (χ0n) is 25.9. The van der Waals surface area contributed by atoms with Gasteiger partial charge in [-0.2, -0.15) is 13.2 Å². The molecular formula is C37H37ClF3N3O3. The van der Waals surface area contributed by atoms with E-state index < -0.39 is 29.8 Å². The van der Waals surface area contributed by atoms with E-state index in [-0.39, 0.29) is 30.6 Å². The van der Waals surface area contributed by atoms with Crippen LogP contribution in [0.15, 0.2) is 97.1 Å². The topological polar surface area (TPSA) is 81.7 Å². The van der Waals surface area contributed by atoms with Crippen molar-refractivity contribution in [1.82, 2.24) is 15.5 Å². The molecule has 4 aromatic rings. The molecule has 0 spiro atoms. The van der Waals surface area contributed by atoms with Gasteiger partial charge in [-0.05, 0) is 78.8 Å². The summed E-state index contributed by atoms with van der Waals surface area (Å²) in [6.07, 6.45) is -3.52. The van der Waals surface area contributed by atoms with Crippen molar-refractivity contribution < 1.29 is 27.9 Å². The van der Waals surface area contributed by atoms with Crippen molar-refractivity contribution >= 4 is 23.4 Å². The molecule has 4 aromatic carbocycles. The summed E-state index contributed by atoms with van der Waals surface area (Å²) in [4.78, 5) is 29.1. The van der Waals surface area contributed by atoms with Crippen molar-refractivity contribution in [3.8, 4) is 0 Å². The Morgan fingerprint density at radius 1 is 0.936 bits per heavy atom. The van der Waals surface area contributed by atoms with Crippen LogP contribution in [0.5, 0.6) is 0 Å². The molecule has 0 aliphatic carbocycles. The van der Waals surface area contributed by atoms with Gasteiger partial charge < -0.3 is 20.6 Å². The van der Waals surface area contributed by atoms with E-state index in [9.17, 15) is 27.9 Å². The molecule has 0 bridgehead atoms. The standard InChI is InChI=1S/C37H37ClF3N3O3/c1-24-18-27(15-16-31(24)38)33-14-7-17-44(33)36(47)29-12-6-11-28(21-29)35(46)43-32(20-25-8-3-2-4-9-25)34(45)23-42-22-26-10-5-13-30(19-26)37(39,40)41/h2-6,8-13,15-16,18-19,21,32-34,42,45H,7,14,17,20,22-23H2,1H3,(H,43,46)/t32-,33?,34-/m0/s1. The van der Waals surface area contributed by atoms with Crippen molar-refractivity contribution in [2.45, 2.75) is 57.1 Å². The van der Waals surface area contributed by atoms with E-state index in [1.54, 1.807) is 30.3 Å². The van der Waals surface area contributed by atoms with Crippen LogP contribution in [0.25, 0.3) is 0 Å². The van der Waals surface area contributed by atoms with Gasteiger partial charge in [0.2, 0.25) is 0 Å². The van der Waals surface area contributed by atoms with Gasteiger partial charge in [0, 0.05) is 35.8 Å². The molecule has 3 N–H and O–H groups in total. The summed E-state index contributed by atoms with van der Waals surface area (Å²) in [5, 5.41) is 17.8.